The van der Waals surface area contributed by atoms with Crippen LogP contribution in [0.4, 0.5) is 15.6 Å². The van der Waals surface area contributed by atoms with E-state index in [0.717, 1.165) is 23.1 Å². The number of nitrogens with two attached hydrogens (primary N) is 1. The van der Waals surface area contributed by atoms with Crippen molar-refractivity contribution in [3.63, 3.8) is 0 Å². The van der Waals surface area contributed by atoms with Crippen molar-refractivity contribution in [1.82, 2.24) is 20.0 Å². The molecule has 4 heterocycles. The number of amides is 3. The molecule has 5 rings (SSSR count). The van der Waals surface area contributed by atoms with Crippen LogP contribution >= 0.6 is 23.1 Å². The third kappa shape index (κ3) is 3.73. The molecule has 0 radical (unpaired) electrons. The maximum atomic E-state index is 12.9. The summed E-state index contributed by atoms with van der Waals surface area (Å²) in [5.41, 5.74) is 6.03. The van der Waals surface area contributed by atoms with Gasteiger partial charge in [0.15, 0.2) is 4.34 Å². The van der Waals surface area contributed by atoms with Crippen LogP contribution in [0.15, 0.2) is 39.2 Å². The molecule has 0 unspecified atom stereocenters. The number of carboxylic acids is 1. The van der Waals surface area contributed by atoms with Gasteiger partial charge in [-0.1, -0.05) is 23.1 Å². The van der Waals surface area contributed by atoms with E-state index in [0.29, 0.717) is 27.9 Å². The summed E-state index contributed by atoms with van der Waals surface area (Å²) >= 11 is 2.28. The molecular weight excluding hydrogens is 467 g/mol. The first-order valence-corrected chi connectivity index (χ1v) is 10.9. The predicted octanol–water partition coefficient (Wildman–Crippen LogP) is -1.52. The summed E-state index contributed by atoms with van der Waals surface area (Å²) in [4.78, 5) is 41.0. The summed E-state index contributed by atoms with van der Waals surface area (Å²) in [6.45, 7) is 0.316. The van der Waals surface area contributed by atoms with E-state index in [-0.39, 0.29) is 59.5 Å². The number of phenolic OH excluding ortho intramolecular Hbond substituents is 1. The molecule has 3 aliphatic rings. The molecule has 0 bridgehead atoms. The molecule has 2 aromatic rings. The average Bonchev–Trinajstić information content (AvgIpc) is 3.30. The number of hydrogen-bond donors (Lipinski definition) is 4. The van der Waals surface area contributed by atoms with Gasteiger partial charge in [0.25, 0.3) is 5.91 Å². The Morgan fingerprint density at radius 2 is 2.00 bits per heavy atom. The maximum Gasteiger partial charge on any atom is 1.00 e. The molecule has 1 aromatic heterocycles. The Balaban J connectivity index is 0.00000153. The topological polar surface area (TPSA) is 162 Å². The SMILES string of the molecule is Nc1nnc(SC2=C(C(=O)O)N3C(=O)[C@@H]4[C@H]3[C@H](C2)CN4C(=O)Nc2ccc(O)cc2)s1.[H-].[Na+]. The van der Waals surface area contributed by atoms with Gasteiger partial charge in [0.05, 0.1) is 6.04 Å². The molecule has 3 amide bonds. The number of benzene rings is 1. The summed E-state index contributed by atoms with van der Waals surface area (Å²) in [6, 6.07) is 4.50. The minimum atomic E-state index is -1.20. The Morgan fingerprint density at radius 3 is 2.62 bits per heavy atom. The summed E-state index contributed by atoms with van der Waals surface area (Å²) in [5.74, 6) is -1.63. The number of aromatic nitrogens is 2. The van der Waals surface area contributed by atoms with E-state index >= 15 is 0 Å². The quantitative estimate of drug-likeness (QED) is 0.229. The van der Waals surface area contributed by atoms with Crippen molar-refractivity contribution in [2.45, 2.75) is 22.8 Å². The van der Waals surface area contributed by atoms with Crippen LogP contribution in [-0.4, -0.2) is 66.7 Å². The Morgan fingerprint density at radius 1 is 1.28 bits per heavy atom. The molecule has 14 heteroatoms. The molecule has 2 fully saturated rings. The normalized spacial score (nSPS) is 23.4. The summed E-state index contributed by atoms with van der Waals surface area (Å²) in [7, 11) is 0. The van der Waals surface area contributed by atoms with Gasteiger partial charge in [-0.2, -0.15) is 0 Å². The van der Waals surface area contributed by atoms with Gasteiger partial charge in [-0.25, -0.2) is 9.59 Å². The monoisotopic (exact) mass is 484 g/mol. The smallest absolute Gasteiger partial charge is 1.00 e. The van der Waals surface area contributed by atoms with Gasteiger partial charge in [-0.05, 0) is 30.7 Å². The number of nitrogens with zero attached hydrogens (tertiary/aromatic N) is 4. The van der Waals surface area contributed by atoms with Crippen molar-refractivity contribution in [2.75, 3.05) is 17.6 Å². The molecule has 0 saturated carbocycles. The largest absolute Gasteiger partial charge is 1.00 e. The summed E-state index contributed by atoms with van der Waals surface area (Å²) in [6.07, 6.45) is 0.403. The van der Waals surface area contributed by atoms with Gasteiger partial charge >= 0.3 is 41.6 Å². The summed E-state index contributed by atoms with van der Waals surface area (Å²) < 4.78 is 0.495. The molecule has 2 saturated heterocycles. The Kier molecular flexibility index (Phi) is 6.11. The fraction of sp³-hybridized carbons (Fsp3) is 0.278. The van der Waals surface area contributed by atoms with E-state index in [9.17, 15) is 24.6 Å². The zero-order valence-corrected chi connectivity index (χ0v) is 20.4. The first-order valence-electron chi connectivity index (χ1n) is 9.26. The van der Waals surface area contributed by atoms with E-state index in [1.165, 1.54) is 21.9 Å². The number of carbonyl (C=O) groups excluding carboxylic acids is 2. The van der Waals surface area contributed by atoms with Gasteiger partial charge < -0.3 is 27.6 Å². The number of phenols is 1. The Hall–Kier alpha value is -2.32. The number of aliphatic carboxylic acids is 1. The van der Waals surface area contributed by atoms with Crippen LogP contribution in [0, 0.1) is 5.92 Å². The number of aromatic hydroxyl groups is 1. The molecule has 0 aliphatic carbocycles. The van der Waals surface area contributed by atoms with E-state index in [2.05, 4.69) is 15.5 Å². The van der Waals surface area contributed by atoms with Crippen LogP contribution in [0.3, 0.4) is 0 Å². The van der Waals surface area contributed by atoms with Gasteiger partial charge in [-0.3, -0.25) is 9.69 Å². The number of carbonyl (C=O) groups is 3. The standard InChI is InChI=1S/C18H16N6O5S2.Na.H/c19-16-21-22-18(31-16)30-10-5-7-6-23(17(29)20-8-1-3-9(25)4-2-8)13-11(7)24(14(13)26)12(10)15(27)28;;/h1-4,7,11,13,25H,5-6H2,(H2,19,21)(H,20,29)(H,27,28);;/q;+1;-1/t7-,11-,13+;;/m1../s1. The number of hydrogen-bond acceptors (Lipinski definition) is 9. The zero-order valence-electron chi connectivity index (χ0n) is 17.8. The Bertz CT molecular complexity index is 1150. The number of likely N-dealkylation sites (tertiary alicyclic amines) is 1. The molecule has 0 spiro atoms. The number of anilines is 2. The van der Waals surface area contributed by atoms with Gasteiger partial charge in [0.1, 0.15) is 17.5 Å². The fourth-order valence-electron chi connectivity index (χ4n) is 4.30. The molecule has 3 atom stereocenters. The molecule has 1 aromatic carbocycles. The molecule has 3 aliphatic heterocycles. The van der Waals surface area contributed by atoms with E-state index in [1.807, 2.05) is 0 Å². The van der Waals surface area contributed by atoms with Crippen molar-refractivity contribution < 1.29 is 55.6 Å². The summed E-state index contributed by atoms with van der Waals surface area (Å²) in [5, 5.41) is 29.8. The fourth-order valence-corrected chi connectivity index (χ4v) is 6.24. The minimum absolute atomic E-state index is 0. The van der Waals surface area contributed by atoms with Crippen LogP contribution in [0.1, 0.15) is 7.85 Å². The first kappa shape index (κ1) is 22.9. The number of allylic oxidation sites excluding steroid dienone is 1. The van der Waals surface area contributed by atoms with Crippen LogP contribution in [0.5, 0.6) is 5.75 Å². The predicted molar refractivity (Wildman–Crippen MR) is 112 cm³/mol. The van der Waals surface area contributed by atoms with Gasteiger partial charge in [0.2, 0.25) is 5.13 Å². The van der Waals surface area contributed by atoms with Gasteiger partial charge in [0, 0.05) is 23.1 Å². The second-order valence-electron chi connectivity index (χ2n) is 7.32. The number of nitrogen functional groups attached to an aromatic ring is 1. The zero-order chi connectivity index (χ0) is 21.9. The van der Waals surface area contributed by atoms with Crippen molar-refractivity contribution in [1.29, 1.82) is 0 Å². The van der Waals surface area contributed by atoms with E-state index in [4.69, 9.17) is 5.73 Å². The van der Waals surface area contributed by atoms with Gasteiger partial charge in [-0.15, -0.1) is 10.2 Å². The second kappa shape index (κ2) is 8.56. The molecule has 162 valence electrons. The van der Waals surface area contributed by atoms with Crippen molar-refractivity contribution in [3.8, 4) is 5.75 Å². The number of carboxylic acid groups (broad SMARTS) is 1. The Labute approximate surface area is 213 Å². The number of nitrogens with one attached hydrogen (secondary N) is 1. The van der Waals surface area contributed by atoms with Crippen molar-refractivity contribution in [2.24, 2.45) is 5.92 Å². The molecular formula is C18H17N6NaO5S2. The number of thioether (sulfide) groups is 1. The number of urea groups is 1. The van der Waals surface area contributed by atoms with Crippen molar-refractivity contribution >= 4 is 51.8 Å². The van der Waals surface area contributed by atoms with Crippen LogP contribution in [0.25, 0.3) is 0 Å². The average molecular weight is 484 g/mol. The first-order chi connectivity index (χ1) is 14.8. The van der Waals surface area contributed by atoms with E-state index < -0.39 is 23.9 Å². The van der Waals surface area contributed by atoms with Crippen LogP contribution in [-0.2, 0) is 9.59 Å². The molecule has 11 nitrogen and oxygen atoms in total. The van der Waals surface area contributed by atoms with Crippen LogP contribution in [0.2, 0.25) is 0 Å². The van der Waals surface area contributed by atoms with Crippen molar-refractivity contribution in [3.05, 3.63) is 34.9 Å². The maximum absolute atomic E-state index is 12.9. The number of β-lactam (4-membered cyclic amide) rings is 1. The third-order valence-corrected chi connectivity index (χ3v) is 7.44. The van der Waals surface area contributed by atoms with Crippen LogP contribution < -0.4 is 40.6 Å². The van der Waals surface area contributed by atoms with E-state index in [1.54, 1.807) is 12.1 Å². The number of rotatable bonds is 4. The molecule has 5 N–H and O–H groups in total. The minimum Gasteiger partial charge on any atom is -1.00 e. The molecule has 32 heavy (non-hydrogen) atoms. The third-order valence-electron chi connectivity index (χ3n) is 5.53. The second-order valence-corrected chi connectivity index (χ2v) is 9.67.